The minimum Gasteiger partial charge on any atom is -0.486 e. The lowest BCUT2D eigenvalue weighted by Gasteiger charge is -2.05. The average Bonchev–Trinajstić information content (AvgIpc) is 3.17. The number of hydrogen-bond acceptors (Lipinski definition) is 4. The molecule has 1 N–H and O–H groups in total. The Bertz CT molecular complexity index is 1170. The highest BCUT2D eigenvalue weighted by Crippen LogP contribution is 2.23. The number of aromatic amines is 1. The smallest absolute Gasteiger partial charge is 0.216 e. The average molecular weight is 377 g/mol. The van der Waals surface area contributed by atoms with E-state index in [1.54, 1.807) is 4.68 Å². The molecule has 0 bridgehead atoms. The number of hydrogen-bond donors (Lipinski definition) is 1. The van der Waals surface area contributed by atoms with E-state index >= 15 is 0 Å². The molecular formula is C20H19N5OS. The molecule has 27 heavy (non-hydrogen) atoms. The molecule has 4 aromatic rings. The minimum absolute atomic E-state index is 0.267. The van der Waals surface area contributed by atoms with Crippen LogP contribution in [0.1, 0.15) is 17.1 Å². The molecule has 0 spiro atoms. The molecule has 0 aliphatic carbocycles. The van der Waals surface area contributed by atoms with Gasteiger partial charge in [-0.2, -0.15) is 14.9 Å². The molecule has 0 saturated heterocycles. The summed E-state index contributed by atoms with van der Waals surface area (Å²) in [5.74, 6) is 1.38. The van der Waals surface area contributed by atoms with Crippen LogP contribution in [-0.4, -0.2) is 25.7 Å². The van der Waals surface area contributed by atoms with E-state index in [1.807, 2.05) is 48.7 Å². The predicted octanol–water partition coefficient (Wildman–Crippen LogP) is 4.20. The molecule has 0 saturated carbocycles. The number of ether oxygens (including phenoxy) is 1. The van der Waals surface area contributed by atoms with Crippen LogP contribution in [0.15, 0.2) is 59.7 Å². The number of nitrogens with one attached hydrogen (secondary N) is 1. The summed E-state index contributed by atoms with van der Waals surface area (Å²) >= 11 is 5.32. The first-order valence-corrected chi connectivity index (χ1v) is 8.98. The van der Waals surface area contributed by atoms with Crippen molar-refractivity contribution in [3.05, 3.63) is 76.5 Å². The van der Waals surface area contributed by atoms with Gasteiger partial charge >= 0.3 is 0 Å². The van der Waals surface area contributed by atoms with Crippen LogP contribution < -0.4 is 4.74 Å². The summed E-state index contributed by atoms with van der Waals surface area (Å²) in [4.78, 5) is 0. The predicted molar refractivity (Wildman–Crippen MR) is 109 cm³/mol. The molecular weight excluding hydrogens is 358 g/mol. The van der Waals surface area contributed by atoms with E-state index in [4.69, 9.17) is 17.0 Å². The number of fused-ring (bicyclic) bond motifs is 1. The van der Waals surface area contributed by atoms with E-state index in [9.17, 15) is 0 Å². The third kappa shape index (κ3) is 3.29. The molecule has 7 heteroatoms. The van der Waals surface area contributed by atoms with Gasteiger partial charge in [0.15, 0.2) is 5.82 Å². The highest BCUT2D eigenvalue weighted by atomic mass is 32.1. The molecule has 0 amide bonds. The number of benzene rings is 2. The third-order valence-electron chi connectivity index (χ3n) is 4.58. The van der Waals surface area contributed by atoms with Gasteiger partial charge in [-0.3, -0.25) is 0 Å². The highest BCUT2D eigenvalue weighted by molar-refractivity contribution is 7.71. The van der Waals surface area contributed by atoms with E-state index in [1.165, 1.54) is 5.52 Å². The zero-order chi connectivity index (χ0) is 18.8. The number of nitrogens with zero attached hydrogens (tertiary/aromatic N) is 4. The standard InChI is InChI=1S/C20H19N5OS/c1-14-17(16-10-6-7-11-18(16)24(14)2)12-21-25-19(22-23-20(25)27)13-26-15-8-4-3-5-9-15/h3-12H,13H2,1-2H3,(H,23,27)/b21-12-. The first-order chi connectivity index (χ1) is 13.1. The van der Waals surface area contributed by atoms with Crippen LogP contribution in [0, 0.1) is 11.7 Å². The van der Waals surface area contributed by atoms with E-state index in [0.29, 0.717) is 10.6 Å². The minimum atomic E-state index is 0.267. The SMILES string of the molecule is Cc1c(/C=N\n2c(COc3ccccc3)n[nH]c2=S)c2ccccc2n1C. The van der Waals surface area contributed by atoms with E-state index in [-0.39, 0.29) is 6.61 Å². The second kappa shape index (κ2) is 7.20. The molecule has 2 aromatic carbocycles. The molecule has 0 atom stereocenters. The zero-order valence-corrected chi connectivity index (χ0v) is 15.9. The Morgan fingerprint density at radius 1 is 1.15 bits per heavy atom. The summed E-state index contributed by atoms with van der Waals surface area (Å²) < 4.78 is 9.95. The Hall–Kier alpha value is -3.19. The van der Waals surface area contributed by atoms with Gasteiger partial charge in [-0.05, 0) is 37.3 Å². The fourth-order valence-electron chi connectivity index (χ4n) is 3.03. The number of aromatic nitrogens is 4. The monoisotopic (exact) mass is 377 g/mol. The molecule has 0 aliphatic rings. The Kier molecular flexibility index (Phi) is 4.60. The van der Waals surface area contributed by atoms with Crippen LogP contribution in [0.2, 0.25) is 0 Å². The first-order valence-electron chi connectivity index (χ1n) is 8.57. The lowest BCUT2D eigenvalue weighted by molar-refractivity contribution is 0.290. The van der Waals surface area contributed by atoms with Gasteiger partial charge in [-0.1, -0.05) is 36.4 Å². The van der Waals surface area contributed by atoms with Crippen LogP contribution in [0.4, 0.5) is 0 Å². The zero-order valence-electron chi connectivity index (χ0n) is 15.1. The van der Waals surface area contributed by atoms with E-state index < -0.39 is 0 Å². The summed E-state index contributed by atoms with van der Waals surface area (Å²) in [6, 6.07) is 17.8. The van der Waals surface area contributed by atoms with Gasteiger partial charge in [-0.15, -0.1) is 0 Å². The molecule has 0 radical (unpaired) electrons. The Labute approximate surface area is 161 Å². The summed E-state index contributed by atoms with van der Waals surface area (Å²) in [5.41, 5.74) is 3.36. The number of H-pyrrole nitrogens is 1. The molecule has 0 unspecified atom stereocenters. The highest BCUT2D eigenvalue weighted by Gasteiger charge is 2.11. The molecule has 4 rings (SSSR count). The molecule has 6 nitrogen and oxygen atoms in total. The quantitative estimate of drug-likeness (QED) is 0.419. The van der Waals surface area contributed by atoms with Crippen molar-refractivity contribution in [1.29, 1.82) is 0 Å². The fraction of sp³-hybridized carbons (Fsp3) is 0.150. The summed E-state index contributed by atoms with van der Waals surface area (Å²) in [5, 5.41) is 12.7. The van der Waals surface area contributed by atoms with Crippen molar-refractivity contribution in [2.75, 3.05) is 0 Å². The van der Waals surface area contributed by atoms with Gasteiger partial charge in [0.25, 0.3) is 0 Å². The van der Waals surface area contributed by atoms with Crippen LogP contribution >= 0.6 is 12.2 Å². The van der Waals surface area contributed by atoms with Crippen molar-refractivity contribution in [2.45, 2.75) is 13.5 Å². The third-order valence-corrected chi connectivity index (χ3v) is 4.84. The molecule has 2 aromatic heterocycles. The van der Waals surface area contributed by atoms with Gasteiger partial charge in [0.05, 0.1) is 6.21 Å². The topological polar surface area (TPSA) is 60.1 Å². The maximum atomic E-state index is 5.77. The number of rotatable bonds is 5. The Morgan fingerprint density at radius 2 is 1.89 bits per heavy atom. The second-order valence-electron chi connectivity index (χ2n) is 6.18. The Morgan fingerprint density at radius 3 is 2.70 bits per heavy atom. The maximum absolute atomic E-state index is 5.77. The fourth-order valence-corrected chi connectivity index (χ4v) is 3.23. The number of para-hydroxylation sites is 2. The van der Waals surface area contributed by atoms with Crippen molar-refractivity contribution in [3.63, 3.8) is 0 Å². The largest absolute Gasteiger partial charge is 0.486 e. The van der Waals surface area contributed by atoms with Crippen molar-refractivity contribution in [3.8, 4) is 5.75 Å². The molecule has 136 valence electrons. The normalized spacial score (nSPS) is 11.5. The van der Waals surface area contributed by atoms with Gasteiger partial charge in [0, 0.05) is 29.2 Å². The van der Waals surface area contributed by atoms with E-state index in [2.05, 4.69) is 46.0 Å². The maximum Gasteiger partial charge on any atom is 0.216 e. The number of aryl methyl sites for hydroxylation is 1. The summed E-state index contributed by atoms with van der Waals surface area (Å²) in [7, 11) is 2.05. The first kappa shape index (κ1) is 17.2. The van der Waals surface area contributed by atoms with Gasteiger partial charge in [0.1, 0.15) is 12.4 Å². The van der Waals surface area contributed by atoms with E-state index in [0.717, 1.165) is 22.4 Å². The lowest BCUT2D eigenvalue weighted by Crippen LogP contribution is -2.04. The lowest BCUT2D eigenvalue weighted by atomic mass is 10.1. The van der Waals surface area contributed by atoms with Crippen LogP contribution in [-0.2, 0) is 13.7 Å². The second-order valence-corrected chi connectivity index (χ2v) is 6.57. The van der Waals surface area contributed by atoms with Crippen molar-refractivity contribution in [2.24, 2.45) is 12.1 Å². The van der Waals surface area contributed by atoms with Crippen molar-refractivity contribution in [1.82, 2.24) is 19.4 Å². The van der Waals surface area contributed by atoms with Crippen molar-refractivity contribution < 1.29 is 4.74 Å². The van der Waals surface area contributed by atoms with Crippen LogP contribution in [0.3, 0.4) is 0 Å². The van der Waals surface area contributed by atoms with Crippen LogP contribution in [0.25, 0.3) is 10.9 Å². The van der Waals surface area contributed by atoms with Gasteiger partial charge < -0.3 is 9.30 Å². The van der Waals surface area contributed by atoms with Crippen LogP contribution in [0.5, 0.6) is 5.75 Å². The molecule has 0 aliphatic heterocycles. The molecule has 2 heterocycles. The van der Waals surface area contributed by atoms with Gasteiger partial charge in [0.2, 0.25) is 4.77 Å². The summed E-state index contributed by atoms with van der Waals surface area (Å²) in [6.07, 6.45) is 1.83. The molecule has 0 fully saturated rings. The Balaban J connectivity index is 1.65. The summed E-state index contributed by atoms with van der Waals surface area (Å²) in [6.45, 7) is 2.35. The van der Waals surface area contributed by atoms with Gasteiger partial charge in [-0.25, -0.2) is 5.10 Å². The van der Waals surface area contributed by atoms with Crippen molar-refractivity contribution >= 4 is 29.3 Å².